The highest BCUT2D eigenvalue weighted by atomic mass is 16.5. The van der Waals surface area contributed by atoms with E-state index in [9.17, 15) is 4.79 Å². The molecule has 1 rings (SSSR count). The van der Waals surface area contributed by atoms with Crippen molar-refractivity contribution in [2.24, 2.45) is 17.3 Å². The molecule has 0 spiro atoms. The highest BCUT2D eigenvalue weighted by molar-refractivity contribution is 5.69. The SMILES string of the molecule is CCOC(=O)C[C@H](CC(C)(C)C)C1CCNCC1. The molecule has 1 saturated heterocycles. The minimum atomic E-state index is -0.0229. The summed E-state index contributed by atoms with van der Waals surface area (Å²) in [4.78, 5) is 11.7. The molecular weight excluding hydrogens is 226 g/mol. The van der Waals surface area contributed by atoms with Crippen LogP contribution in [0, 0.1) is 17.3 Å². The van der Waals surface area contributed by atoms with Crippen LogP contribution >= 0.6 is 0 Å². The van der Waals surface area contributed by atoms with Gasteiger partial charge in [0.2, 0.25) is 0 Å². The van der Waals surface area contributed by atoms with Gasteiger partial charge in [-0.1, -0.05) is 20.8 Å². The van der Waals surface area contributed by atoms with Gasteiger partial charge in [-0.05, 0) is 56.5 Å². The molecule has 106 valence electrons. The van der Waals surface area contributed by atoms with Crippen LogP contribution < -0.4 is 5.32 Å². The van der Waals surface area contributed by atoms with Crippen LogP contribution in [0.5, 0.6) is 0 Å². The average Bonchev–Trinajstić information content (AvgIpc) is 2.28. The van der Waals surface area contributed by atoms with E-state index in [2.05, 4.69) is 26.1 Å². The number of nitrogens with one attached hydrogen (secondary N) is 1. The van der Waals surface area contributed by atoms with Crippen molar-refractivity contribution in [1.29, 1.82) is 0 Å². The second-order valence-electron chi connectivity index (χ2n) is 6.62. The van der Waals surface area contributed by atoms with Crippen LogP contribution in [0.1, 0.15) is 53.4 Å². The Bertz CT molecular complexity index is 252. The van der Waals surface area contributed by atoms with Gasteiger partial charge < -0.3 is 10.1 Å². The fraction of sp³-hybridized carbons (Fsp3) is 0.933. The average molecular weight is 255 g/mol. The zero-order valence-electron chi connectivity index (χ0n) is 12.4. The first-order valence-electron chi connectivity index (χ1n) is 7.28. The third-order valence-corrected chi connectivity index (χ3v) is 3.66. The maximum atomic E-state index is 11.7. The first-order valence-corrected chi connectivity index (χ1v) is 7.28. The first-order chi connectivity index (χ1) is 8.42. The van der Waals surface area contributed by atoms with Crippen molar-refractivity contribution in [3.05, 3.63) is 0 Å². The van der Waals surface area contributed by atoms with Crippen molar-refractivity contribution in [3.8, 4) is 0 Å². The predicted octanol–water partition coefficient (Wildman–Crippen LogP) is 2.99. The topological polar surface area (TPSA) is 38.3 Å². The maximum absolute atomic E-state index is 11.7. The van der Waals surface area contributed by atoms with Crippen LogP contribution in [0.3, 0.4) is 0 Å². The fourth-order valence-corrected chi connectivity index (χ4v) is 2.94. The normalized spacial score (nSPS) is 19.6. The molecule has 1 fully saturated rings. The third-order valence-electron chi connectivity index (χ3n) is 3.66. The van der Waals surface area contributed by atoms with E-state index < -0.39 is 0 Å². The highest BCUT2D eigenvalue weighted by Gasteiger charge is 2.29. The van der Waals surface area contributed by atoms with Crippen LogP contribution in [0.4, 0.5) is 0 Å². The van der Waals surface area contributed by atoms with Crippen molar-refractivity contribution < 1.29 is 9.53 Å². The highest BCUT2D eigenvalue weighted by Crippen LogP contribution is 2.35. The molecular formula is C15H29NO2. The third kappa shape index (κ3) is 5.85. The van der Waals surface area contributed by atoms with Gasteiger partial charge in [0.15, 0.2) is 0 Å². The molecule has 18 heavy (non-hydrogen) atoms. The number of esters is 1. The molecule has 0 bridgehead atoms. The van der Waals surface area contributed by atoms with Crippen molar-refractivity contribution in [1.82, 2.24) is 5.32 Å². The first kappa shape index (κ1) is 15.5. The molecule has 0 aliphatic carbocycles. The van der Waals surface area contributed by atoms with E-state index in [1.165, 1.54) is 12.8 Å². The Kier molecular flexibility index (Phi) is 6.13. The van der Waals surface area contributed by atoms with Gasteiger partial charge in [0.25, 0.3) is 0 Å². The molecule has 1 aliphatic rings. The van der Waals surface area contributed by atoms with E-state index in [4.69, 9.17) is 4.74 Å². The lowest BCUT2D eigenvalue weighted by molar-refractivity contribution is -0.145. The Hall–Kier alpha value is -0.570. The molecule has 0 aromatic heterocycles. The Balaban J connectivity index is 2.58. The summed E-state index contributed by atoms with van der Waals surface area (Å²) in [5.74, 6) is 1.13. The van der Waals surface area contributed by atoms with Crippen LogP contribution in [0.2, 0.25) is 0 Å². The summed E-state index contributed by atoms with van der Waals surface area (Å²) in [6.07, 6.45) is 4.09. The molecule has 1 aliphatic heterocycles. The van der Waals surface area contributed by atoms with Gasteiger partial charge in [-0.2, -0.15) is 0 Å². The Morgan fingerprint density at radius 3 is 2.44 bits per heavy atom. The lowest BCUT2D eigenvalue weighted by Gasteiger charge is -2.34. The monoisotopic (exact) mass is 255 g/mol. The molecule has 1 N–H and O–H groups in total. The molecule has 3 heteroatoms. The number of carbonyl (C=O) groups excluding carboxylic acids is 1. The summed E-state index contributed by atoms with van der Waals surface area (Å²) in [5.41, 5.74) is 0.280. The number of hydrogen-bond donors (Lipinski definition) is 1. The number of rotatable bonds is 5. The Labute approximate surface area is 112 Å². The molecule has 0 radical (unpaired) electrons. The van der Waals surface area contributed by atoms with Crippen molar-refractivity contribution in [3.63, 3.8) is 0 Å². The lowest BCUT2D eigenvalue weighted by atomic mass is 9.74. The molecule has 1 heterocycles. The standard InChI is InChI=1S/C15H29NO2/c1-5-18-14(17)10-13(11-15(2,3)4)12-6-8-16-9-7-12/h12-13,16H,5-11H2,1-4H3/t13-/m1/s1. The summed E-state index contributed by atoms with van der Waals surface area (Å²) in [5, 5.41) is 3.39. The van der Waals surface area contributed by atoms with Gasteiger partial charge in [0, 0.05) is 6.42 Å². The smallest absolute Gasteiger partial charge is 0.306 e. The molecule has 1 atom stereocenters. The molecule has 0 amide bonds. The molecule has 0 saturated carbocycles. The zero-order chi connectivity index (χ0) is 13.6. The van der Waals surface area contributed by atoms with E-state index in [-0.39, 0.29) is 11.4 Å². The van der Waals surface area contributed by atoms with Crippen molar-refractivity contribution in [2.75, 3.05) is 19.7 Å². The van der Waals surface area contributed by atoms with Gasteiger partial charge >= 0.3 is 5.97 Å². The van der Waals surface area contributed by atoms with Gasteiger partial charge in [-0.15, -0.1) is 0 Å². The maximum Gasteiger partial charge on any atom is 0.306 e. The van der Waals surface area contributed by atoms with Gasteiger partial charge in [0.05, 0.1) is 6.61 Å². The number of hydrogen-bond acceptors (Lipinski definition) is 3. The van der Waals surface area contributed by atoms with Crippen LogP contribution in [0.25, 0.3) is 0 Å². The van der Waals surface area contributed by atoms with E-state index in [0.717, 1.165) is 19.5 Å². The largest absolute Gasteiger partial charge is 0.466 e. The summed E-state index contributed by atoms with van der Waals surface area (Å²) in [6.45, 7) is 11.3. The van der Waals surface area contributed by atoms with E-state index in [0.29, 0.717) is 24.9 Å². The molecule has 0 aromatic rings. The fourth-order valence-electron chi connectivity index (χ4n) is 2.94. The van der Waals surface area contributed by atoms with E-state index >= 15 is 0 Å². The Morgan fingerprint density at radius 2 is 1.94 bits per heavy atom. The molecule has 0 unspecified atom stereocenters. The quantitative estimate of drug-likeness (QED) is 0.768. The zero-order valence-corrected chi connectivity index (χ0v) is 12.4. The Morgan fingerprint density at radius 1 is 1.33 bits per heavy atom. The van der Waals surface area contributed by atoms with Crippen LogP contribution in [0.15, 0.2) is 0 Å². The second-order valence-corrected chi connectivity index (χ2v) is 6.62. The van der Waals surface area contributed by atoms with Gasteiger partial charge in [-0.25, -0.2) is 0 Å². The van der Waals surface area contributed by atoms with Crippen LogP contribution in [-0.4, -0.2) is 25.7 Å². The van der Waals surface area contributed by atoms with Gasteiger partial charge in [-0.3, -0.25) is 4.79 Å². The number of ether oxygens (including phenoxy) is 1. The summed E-state index contributed by atoms with van der Waals surface area (Å²) in [7, 11) is 0. The summed E-state index contributed by atoms with van der Waals surface area (Å²) < 4.78 is 5.12. The van der Waals surface area contributed by atoms with Crippen molar-refractivity contribution >= 4 is 5.97 Å². The molecule has 3 nitrogen and oxygen atoms in total. The summed E-state index contributed by atoms with van der Waals surface area (Å²) in [6, 6.07) is 0. The van der Waals surface area contributed by atoms with Gasteiger partial charge in [0.1, 0.15) is 0 Å². The minimum absolute atomic E-state index is 0.0229. The number of piperidine rings is 1. The lowest BCUT2D eigenvalue weighted by Crippen LogP contribution is -2.34. The second kappa shape index (κ2) is 7.13. The predicted molar refractivity (Wildman–Crippen MR) is 74.4 cm³/mol. The van der Waals surface area contributed by atoms with Crippen molar-refractivity contribution in [2.45, 2.75) is 53.4 Å². The summed E-state index contributed by atoms with van der Waals surface area (Å²) >= 11 is 0. The van der Waals surface area contributed by atoms with E-state index in [1.54, 1.807) is 0 Å². The molecule has 0 aromatic carbocycles. The minimum Gasteiger partial charge on any atom is -0.466 e. The number of carbonyl (C=O) groups is 1. The van der Waals surface area contributed by atoms with Crippen LogP contribution in [-0.2, 0) is 9.53 Å². The van der Waals surface area contributed by atoms with E-state index in [1.807, 2.05) is 6.92 Å².